The summed E-state index contributed by atoms with van der Waals surface area (Å²) in [5.74, 6) is -1.08. The number of pyridine rings is 1. The van der Waals surface area contributed by atoms with E-state index in [4.69, 9.17) is 14.2 Å². The number of carbonyl (C=O) groups excluding carboxylic acids is 3. The van der Waals surface area contributed by atoms with Gasteiger partial charge in [-0.15, -0.1) is 0 Å². The minimum atomic E-state index is -0.662. The van der Waals surface area contributed by atoms with E-state index in [1.807, 2.05) is 6.92 Å². The van der Waals surface area contributed by atoms with E-state index in [-0.39, 0.29) is 34.1 Å². The zero-order chi connectivity index (χ0) is 24.8. The summed E-state index contributed by atoms with van der Waals surface area (Å²) in [5.41, 5.74) is 0.196. The molecule has 2 aromatic rings. The number of aromatic nitrogens is 1. The van der Waals surface area contributed by atoms with Crippen molar-refractivity contribution in [3.63, 3.8) is 0 Å². The van der Waals surface area contributed by atoms with Gasteiger partial charge >= 0.3 is 11.7 Å². The van der Waals surface area contributed by atoms with Gasteiger partial charge in [0.05, 0.1) is 23.0 Å². The van der Waals surface area contributed by atoms with Crippen LogP contribution in [0.4, 0.5) is 10.5 Å². The molecule has 0 radical (unpaired) electrons. The maximum Gasteiger partial charge on any atom is 0.331 e. The summed E-state index contributed by atoms with van der Waals surface area (Å²) < 4.78 is 16.0. The predicted molar refractivity (Wildman–Crippen MR) is 122 cm³/mol. The van der Waals surface area contributed by atoms with Gasteiger partial charge in [-0.2, -0.15) is 0 Å². The molecule has 178 valence electrons. The van der Waals surface area contributed by atoms with Gasteiger partial charge in [-0.25, -0.2) is 4.98 Å². The first-order chi connectivity index (χ1) is 16.2. The number of esters is 1. The molecule has 2 heterocycles. The number of carbonyl (C=O) groups is 3. The van der Waals surface area contributed by atoms with E-state index in [1.54, 1.807) is 13.0 Å². The van der Waals surface area contributed by atoms with Crippen LogP contribution < -0.4 is 9.47 Å². The molecule has 0 N–H and O–H groups in total. The first kappa shape index (κ1) is 24.7. The standard InChI is InChI=1S/C22H21N3O8S/c1-4-13(2)32-19(26)12-24-21(27)18(34-22(24)28)11-14-7-8-16(17(10-14)31-3)33-20-15(25(29)30)6-5-9-23-20/h5-11,13H,4,12H2,1-3H3/b18-11-/t13-/m1/s1. The van der Waals surface area contributed by atoms with Gasteiger partial charge in [0.1, 0.15) is 6.54 Å². The molecule has 0 saturated carbocycles. The number of hydrogen-bond donors (Lipinski definition) is 0. The van der Waals surface area contributed by atoms with E-state index >= 15 is 0 Å². The zero-order valence-electron chi connectivity index (χ0n) is 18.5. The number of hydrogen-bond acceptors (Lipinski definition) is 10. The number of benzene rings is 1. The maximum absolute atomic E-state index is 12.7. The maximum atomic E-state index is 12.7. The van der Waals surface area contributed by atoms with Crippen LogP contribution in [0.15, 0.2) is 41.4 Å². The van der Waals surface area contributed by atoms with Crippen LogP contribution >= 0.6 is 11.8 Å². The second-order valence-corrected chi connectivity index (χ2v) is 8.07. The first-order valence-corrected chi connectivity index (χ1v) is 10.9. The fraction of sp³-hybridized carbons (Fsp3) is 0.273. The Labute approximate surface area is 198 Å². The Morgan fingerprint density at radius 3 is 2.74 bits per heavy atom. The number of imide groups is 1. The van der Waals surface area contributed by atoms with Crippen molar-refractivity contribution in [3.8, 4) is 17.4 Å². The number of amides is 2. The van der Waals surface area contributed by atoms with Crippen molar-refractivity contribution in [1.82, 2.24) is 9.88 Å². The van der Waals surface area contributed by atoms with Crippen LogP contribution in [0.1, 0.15) is 25.8 Å². The van der Waals surface area contributed by atoms with Gasteiger partial charge < -0.3 is 14.2 Å². The molecule has 1 atom stereocenters. The number of thioether (sulfide) groups is 1. The molecule has 1 aliphatic rings. The minimum absolute atomic E-state index is 0.123. The minimum Gasteiger partial charge on any atom is -0.493 e. The lowest BCUT2D eigenvalue weighted by molar-refractivity contribution is -0.386. The summed E-state index contributed by atoms with van der Waals surface area (Å²) in [4.78, 5) is 52.3. The molecule has 2 amide bonds. The number of rotatable bonds is 9. The Balaban J connectivity index is 1.79. The molecule has 1 fully saturated rings. The molecule has 0 spiro atoms. The molecule has 12 heteroatoms. The summed E-state index contributed by atoms with van der Waals surface area (Å²) in [7, 11) is 1.38. The summed E-state index contributed by atoms with van der Waals surface area (Å²) >= 11 is 0.702. The highest BCUT2D eigenvalue weighted by Gasteiger charge is 2.37. The Bertz CT molecular complexity index is 1170. The van der Waals surface area contributed by atoms with Crippen molar-refractivity contribution >= 4 is 40.6 Å². The van der Waals surface area contributed by atoms with Gasteiger partial charge in [-0.05, 0) is 54.9 Å². The van der Waals surface area contributed by atoms with E-state index in [0.717, 1.165) is 4.90 Å². The highest BCUT2D eigenvalue weighted by Crippen LogP contribution is 2.37. The number of methoxy groups -OCH3 is 1. The third-order valence-electron chi connectivity index (χ3n) is 4.71. The second-order valence-electron chi connectivity index (χ2n) is 7.07. The predicted octanol–water partition coefficient (Wildman–Crippen LogP) is 4.17. The third kappa shape index (κ3) is 5.70. The first-order valence-electron chi connectivity index (χ1n) is 10.1. The van der Waals surface area contributed by atoms with Crippen molar-refractivity contribution in [1.29, 1.82) is 0 Å². The van der Waals surface area contributed by atoms with Crippen LogP contribution in [0.2, 0.25) is 0 Å². The molecule has 11 nitrogen and oxygen atoms in total. The second kappa shape index (κ2) is 10.8. The Hall–Kier alpha value is -3.93. The molecule has 0 bridgehead atoms. The van der Waals surface area contributed by atoms with Crippen LogP contribution in [0.25, 0.3) is 6.08 Å². The van der Waals surface area contributed by atoms with Crippen LogP contribution in [0.3, 0.4) is 0 Å². The molecular weight excluding hydrogens is 466 g/mol. The van der Waals surface area contributed by atoms with Gasteiger partial charge in [-0.1, -0.05) is 13.0 Å². The van der Waals surface area contributed by atoms with Crippen molar-refractivity contribution in [2.45, 2.75) is 26.4 Å². The summed E-state index contributed by atoms with van der Waals surface area (Å²) in [6, 6.07) is 7.30. The van der Waals surface area contributed by atoms with Gasteiger partial charge in [0.25, 0.3) is 17.0 Å². The number of nitro groups is 1. The van der Waals surface area contributed by atoms with Gasteiger partial charge in [0, 0.05) is 12.3 Å². The highest BCUT2D eigenvalue weighted by molar-refractivity contribution is 8.18. The molecule has 1 saturated heterocycles. The van der Waals surface area contributed by atoms with Gasteiger partial charge in [0.2, 0.25) is 0 Å². The summed E-state index contributed by atoms with van der Waals surface area (Å²) in [5, 5.41) is 10.6. The van der Waals surface area contributed by atoms with Crippen molar-refractivity contribution in [2.75, 3.05) is 13.7 Å². The van der Waals surface area contributed by atoms with Crippen LogP contribution in [0, 0.1) is 10.1 Å². The fourth-order valence-corrected chi connectivity index (χ4v) is 3.66. The Morgan fingerprint density at radius 1 is 1.29 bits per heavy atom. The van der Waals surface area contributed by atoms with E-state index in [9.17, 15) is 24.5 Å². The van der Waals surface area contributed by atoms with E-state index in [0.29, 0.717) is 23.7 Å². The lowest BCUT2D eigenvalue weighted by atomic mass is 10.2. The highest BCUT2D eigenvalue weighted by atomic mass is 32.2. The fourth-order valence-electron chi connectivity index (χ4n) is 2.82. The molecule has 1 aromatic carbocycles. The lowest BCUT2D eigenvalue weighted by Crippen LogP contribution is -2.35. The third-order valence-corrected chi connectivity index (χ3v) is 5.62. The molecule has 1 aliphatic heterocycles. The quantitative estimate of drug-likeness (QED) is 0.219. The van der Waals surface area contributed by atoms with E-state index in [1.165, 1.54) is 43.6 Å². The van der Waals surface area contributed by atoms with Crippen molar-refractivity contribution in [3.05, 3.63) is 57.1 Å². The van der Waals surface area contributed by atoms with Gasteiger partial charge in [0.15, 0.2) is 11.5 Å². The van der Waals surface area contributed by atoms with Crippen molar-refractivity contribution < 1.29 is 33.5 Å². The summed E-state index contributed by atoms with van der Waals surface area (Å²) in [6.07, 6.45) is 3.13. The van der Waals surface area contributed by atoms with Crippen LogP contribution in [0.5, 0.6) is 17.4 Å². The zero-order valence-corrected chi connectivity index (χ0v) is 19.4. The monoisotopic (exact) mass is 487 g/mol. The molecule has 0 unspecified atom stereocenters. The van der Waals surface area contributed by atoms with Crippen LogP contribution in [-0.4, -0.2) is 51.7 Å². The number of ether oxygens (including phenoxy) is 3. The van der Waals surface area contributed by atoms with E-state index < -0.39 is 28.6 Å². The lowest BCUT2D eigenvalue weighted by Gasteiger charge is -2.14. The molecule has 3 rings (SSSR count). The largest absolute Gasteiger partial charge is 0.493 e. The Morgan fingerprint density at radius 2 is 2.06 bits per heavy atom. The van der Waals surface area contributed by atoms with Crippen molar-refractivity contribution in [2.24, 2.45) is 0 Å². The SMILES string of the molecule is CC[C@@H](C)OC(=O)CN1C(=O)S/C(=C\c2ccc(Oc3ncccc3[N+](=O)[O-])c(OC)c2)C1=O. The molecular formula is C22H21N3O8S. The molecule has 0 aliphatic carbocycles. The number of nitrogens with zero attached hydrogens (tertiary/aromatic N) is 3. The topological polar surface area (TPSA) is 138 Å². The van der Waals surface area contributed by atoms with Crippen LogP contribution in [-0.2, 0) is 14.3 Å². The normalized spacial score (nSPS) is 15.4. The smallest absolute Gasteiger partial charge is 0.331 e. The molecule has 34 heavy (non-hydrogen) atoms. The molecule has 1 aromatic heterocycles. The average molecular weight is 487 g/mol. The Kier molecular flexibility index (Phi) is 7.84. The van der Waals surface area contributed by atoms with Gasteiger partial charge in [-0.3, -0.25) is 29.4 Å². The average Bonchev–Trinajstić information content (AvgIpc) is 3.07. The summed E-state index contributed by atoms with van der Waals surface area (Å²) in [6.45, 7) is 3.10. The van der Waals surface area contributed by atoms with E-state index in [2.05, 4.69) is 4.98 Å².